The van der Waals surface area contributed by atoms with Crippen molar-refractivity contribution < 1.29 is 13.9 Å². The summed E-state index contributed by atoms with van der Waals surface area (Å²) in [5.74, 6) is 0.286. The maximum atomic E-state index is 13.7. The van der Waals surface area contributed by atoms with Gasteiger partial charge in [0.15, 0.2) is 0 Å². The molecule has 6 heteroatoms. The molecule has 1 aliphatic rings. The average Bonchev–Trinajstić information content (AvgIpc) is 3.21. The number of methoxy groups -OCH3 is 1. The summed E-state index contributed by atoms with van der Waals surface area (Å²) in [5, 5.41) is 3.72. The van der Waals surface area contributed by atoms with Gasteiger partial charge in [-0.05, 0) is 60.0 Å². The molecule has 3 aromatic carbocycles. The van der Waals surface area contributed by atoms with Gasteiger partial charge < -0.3 is 10.1 Å². The van der Waals surface area contributed by atoms with Gasteiger partial charge in [0, 0.05) is 41.8 Å². The van der Waals surface area contributed by atoms with E-state index in [9.17, 15) is 9.18 Å². The number of nitrogens with zero attached hydrogens (tertiary/aromatic N) is 1. The van der Waals surface area contributed by atoms with E-state index in [1.807, 2.05) is 12.1 Å². The fourth-order valence-corrected chi connectivity index (χ4v) is 4.04. The van der Waals surface area contributed by atoms with Gasteiger partial charge in [0.2, 0.25) is 0 Å². The third-order valence-corrected chi connectivity index (χ3v) is 5.80. The fourth-order valence-electron chi connectivity index (χ4n) is 3.92. The van der Waals surface area contributed by atoms with Gasteiger partial charge in [-0.2, -0.15) is 0 Å². The van der Waals surface area contributed by atoms with Crippen molar-refractivity contribution in [1.29, 1.82) is 0 Å². The second kappa shape index (κ2) is 9.50. The first kappa shape index (κ1) is 21.3. The van der Waals surface area contributed by atoms with E-state index in [1.54, 1.807) is 37.4 Å². The van der Waals surface area contributed by atoms with Gasteiger partial charge in [-0.25, -0.2) is 4.39 Å². The van der Waals surface area contributed by atoms with Crippen LogP contribution >= 0.6 is 11.6 Å². The molecule has 1 atom stereocenters. The van der Waals surface area contributed by atoms with Crippen LogP contribution in [-0.4, -0.2) is 37.0 Å². The van der Waals surface area contributed by atoms with Crippen LogP contribution in [0.3, 0.4) is 0 Å². The molecule has 1 N–H and O–H groups in total. The SMILES string of the molecule is COc1ccc(F)cc1-c1ccc(CN2CCC(NC(=O)c3ccc(Cl)cc3)C2)cc1. The van der Waals surface area contributed by atoms with Crippen LogP contribution in [0.25, 0.3) is 11.1 Å². The number of hydrogen-bond donors (Lipinski definition) is 1. The van der Waals surface area contributed by atoms with Crippen molar-refractivity contribution in [2.75, 3.05) is 20.2 Å². The summed E-state index contributed by atoms with van der Waals surface area (Å²) in [6, 6.07) is 19.7. The van der Waals surface area contributed by atoms with E-state index in [4.69, 9.17) is 16.3 Å². The van der Waals surface area contributed by atoms with Crippen molar-refractivity contribution in [1.82, 2.24) is 10.2 Å². The molecule has 0 bridgehead atoms. The topological polar surface area (TPSA) is 41.6 Å². The lowest BCUT2D eigenvalue weighted by molar-refractivity contribution is 0.0937. The van der Waals surface area contributed by atoms with Crippen molar-refractivity contribution in [3.05, 3.63) is 88.7 Å². The number of amides is 1. The van der Waals surface area contributed by atoms with Crippen LogP contribution in [0.2, 0.25) is 5.02 Å². The highest BCUT2D eigenvalue weighted by atomic mass is 35.5. The van der Waals surface area contributed by atoms with E-state index in [-0.39, 0.29) is 17.8 Å². The molecule has 4 rings (SSSR count). The first-order chi connectivity index (χ1) is 15.0. The summed E-state index contributed by atoms with van der Waals surface area (Å²) in [6.45, 7) is 2.53. The summed E-state index contributed by atoms with van der Waals surface area (Å²) in [5.41, 5.74) is 3.44. The predicted molar refractivity (Wildman–Crippen MR) is 121 cm³/mol. The zero-order valence-electron chi connectivity index (χ0n) is 17.3. The molecular weight excluding hydrogens is 415 g/mol. The second-order valence-corrected chi connectivity index (χ2v) is 8.18. The van der Waals surface area contributed by atoms with Crippen molar-refractivity contribution >= 4 is 17.5 Å². The molecule has 0 radical (unpaired) electrons. The normalized spacial score (nSPS) is 16.3. The van der Waals surface area contributed by atoms with Gasteiger partial charge in [-0.3, -0.25) is 9.69 Å². The highest BCUT2D eigenvalue weighted by Gasteiger charge is 2.24. The summed E-state index contributed by atoms with van der Waals surface area (Å²) in [4.78, 5) is 14.7. The zero-order valence-corrected chi connectivity index (χ0v) is 18.0. The largest absolute Gasteiger partial charge is 0.496 e. The minimum absolute atomic E-state index is 0.0723. The van der Waals surface area contributed by atoms with Gasteiger partial charge in [0.05, 0.1) is 7.11 Å². The van der Waals surface area contributed by atoms with Crippen LogP contribution in [0, 0.1) is 5.82 Å². The van der Waals surface area contributed by atoms with Crippen LogP contribution in [-0.2, 0) is 6.54 Å². The molecule has 3 aromatic rings. The van der Waals surface area contributed by atoms with Gasteiger partial charge in [-0.15, -0.1) is 0 Å². The van der Waals surface area contributed by atoms with Gasteiger partial charge >= 0.3 is 0 Å². The average molecular weight is 439 g/mol. The van der Waals surface area contributed by atoms with E-state index in [0.717, 1.165) is 37.2 Å². The van der Waals surface area contributed by atoms with Crippen LogP contribution in [0.15, 0.2) is 66.7 Å². The second-order valence-electron chi connectivity index (χ2n) is 7.74. The molecule has 1 fully saturated rings. The molecule has 1 unspecified atom stereocenters. The van der Waals surface area contributed by atoms with Crippen molar-refractivity contribution in [2.24, 2.45) is 0 Å². The predicted octanol–water partition coefficient (Wildman–Crippen LogP) is 5.16. The molecule has 0 aromatic heterocycles. The van der Waals surface area contributed by atoms with Crippen LogP contribution < -0.4 is 10.1 Å². The lowest BCUT2D eigenvalue weighted by atomic mass is 10.0. The minimum atomic E-state index is -0.288. The highest BCUT2D eigenvalue weighted by Crippen LogP contribution is 2.31. The molecule has 1 aliphatic heterocycles. The zero-order chi connectivity index (χ0) is 21.8. The number of halogens is 2. The first-order valence-electron chi connectivity index (χ1n) is 10.2. The molecule has 31 heavy (non-hydrogen) atoms. The van der Waals surface area contributed by atoms with E-state index in [0.29, 0.717) is 16.3 Å². The summed E-state index contributed by atoms with van der Waals surface area (Å²) < 4.78 is 19.0. The van der Waals surface area contributed by atoms with Crippen LogP contribution in [0.5, 0.6) is 5.75 Å². The summed E-state index contributed by atoms with van der Waals surface area (Å²) in [7, 11) is 1.58. The Balaban J connectivity index is 1.35. The monoisotopic (exact) mass is 438 g/mol. The van der Waals surface area contributed by atoms with Crippen LogP contribution in [0.1, 0.15) is 22.3 Å². The Kier molecular flexibility index (Phi) is 6.54. The Morgan fingerprint density at radius 2 is 1.87 bits per heavy atom. The molecular formula is C25H24ClFN2O2. The highest BCUT2D eigenvalue weighted by molar-refractivity contribution is 6.30. The Morgan fingerprint density at radius 3 is 2.58 bits per heavy atom. The number of nitrogens with one attached hydrogen (secondary N) is 1. The number of hydrogen-bond acceptors (Lipinski definition) is 3. The van der Waals surface area contributed by atoms with E-state index < -0.39 is 0 Å². The molecule has 0 spiro atoms. The molecule has 1 saturated heterocycles. The quantitative estimate of drug-likeness (QED) is 0.578. The number of carbonyl (C=O) groups excluding carboxylic acids is 1. The molecule has 1 heterocycles. The fraction of sp³-hybridized carbons (Fsp3) is 0.240. The van der Waals surface area contributed by atoms with Crippen molar-refractivity contribution in [2.45, 2.75) is 19.0 Å². The molecule has 1 amide bonds. The standard InChI is InChI=1S/C25H24ClFN2O2/c1-31-24-11-10-21(27)14-23(24)18-4-2-17(3-5-18)15-29-13-12-22(16-29)28-25(30)19-6-8-20(26)9-7-19/h2-11,14,22H,12-13,15-16H2,1H3,(H,28,30). The smallest absolute Gasteiger partial charge is 0.251 e. The maximum Gasteiger partial charge on any atom is 0.251 e. The Hall–Kier alpha value is -2.89. The van der Waals surface area contributed by atoms with Crippen molar-refractivity contribution in [3.63, 3.8) is 0 Å². The third-order valence-electron chi connectivity index (χ3n) is 5.55. The number of benzene rings is 3. The van der Waals surface area contributed by atoms with Gasteiger partial charge in [-0.1, -0.05) is 35.9 Å². The number of rotatable bonds is 6. The minimum Gasteiger partial charge on any atom is -0.496 e. The lowest BCUT2D eigenvalue weighted by Crippen LogP contribution is -2.36. The van der Waals surface area contributed by atoms with E-state index in [2.05, 4.69) is 22.3 Å². The molecule has 160 valence electrons. The van der Waals surface area contributed by atoms with Gasteiger partial charge in [0.25, 0.3) is 5.91 Å². The van der Waals surface area contributed by atoms with E-state index >= 15 is 0 Å². The maximum absolute atomic E-state index is 13.7. The van der Waals surface area contributed by atoms with Gasteiger partial charge in [0.1, 0.15) is 11.6 Å². The lowest BCUT2D eigenvalue weighted by Gasteiger charge is -2.17. The van der Waals surface area contributed by atoms with Crippen molar-refractivity contribution in [3.8, 4) is 16.9 Å². The van der Waals surface area contributed by atoms with E-state index in [1.165, 1.54) is 17.7 Å². The number of ether oxygens (including phenoxy) is 1. The molecule has 0 aliphatic carbocycles. The first-order valence-corrected chi connectivity index (χ1v) is 10.6. The Bertz CT molecular complexity index is 1050. The molecule has 0 saturated carbocycles. The Morgan fingerprint density at radius 1 is 1.13 bits per heavy atom. The Labute approximate surface area is 186 Å². The number of carbonyl (C=O) groups is 1. The molecule has 4 nitrogen and oxygen atoms in total. The van der Waals surface area contributed by atoms with Crippen LogP contribution in [0.4, 0.5) is 4.39 Å². The number of likely N-dealkylation sites (tertiary alicyclic amines) is 1. The summed E-state index contributed by atoms with van der Waals surface area (Å²) >= 11 is 5.89. The third kappa shape index (κ3) is 5.24. The summed E-state index contributed by atoms with van der Waals surface area (Å²) in [6.07, 6.45) is 0.915.